The summed E-state index contributed by atoms with van der Waals surface area (Å²) in [7, 11) is 0. The van der Waals surface area contributed by atoms with Gasteiger partial charge in [-0.25, -0.2) is 0 Å². The molecule has 2 N–H and O–H groups in total. The largest absolute Gasteiger partial charge is 0.367 e. The van der Waals surface area contributed by atoms with Crippen LogP contribution in [0.1, 0.15) is 47.5 Å². The summed E-state index contributed by atoms with van der Waals surface area (Å²) >= 11 is 0. The van der Waals surface area contributed by atoms with E-state index >= 15 is 0 Å². The highest BCUT2D eigenvalue weighted by Crippen LogP contribution is 1.97. The predicted molar refractivity (Wildman–Crippen MR) is 71.1 cm³/mol. The molecule has 0 heterocycles. The first-order valence-electron chi connectivity index (χ1n) is 6.62. The SMILES string of the molecule is CCCC(C)NC(=O)C(C)OCCNC(C)C. The first kappa shape index (κ1) is 16.4. The Morgan fingerprint density at radius 2 is 1.88 bits per heavy atom. The Morgan fingerprint density at radius 3 is 2.41 bits per heavy atom. The second-order valence-electron chi connectivity index (χ2n) is 4.82. The fourth-order valence-corrected chi connectivity index (χ4v) is 1.52. The lowest BCUT2D eigenvalue weighted by atomic mass is 10.2. The van der Waals surface area contributed by atoms with Gasteiger partial charge in [0.1, 0.15) is 6.10 Å². The second kappa shape index (κ2) is 9.42. The van der Waals surface area contributed by atoms with Crippen molar-refractivity contribution in [1.29, 1.82) is 0 Å². The molecule has 17 heavy (non-hydrogen) atoms. The lowest BCUT2D eigenvalue weighted by Gasteiger charge is -2.18. The van der Waals surface area contributed by atoms with Crippen LogP contribution in [-0.2, 0) is 9.53 Å². The minimum Gasteiger partial charge on any atom is -0.367 e. The lowest BCUT2D eigenvalue weighted by Crippen LogP contribution is -2.40. The van der Waals surface area contributed by atoms with Crippen molar-refractivity contribution in [2.24, 2.45) is 0 Å². The molecule has 0 aliphatic rings. The minimum atomic E-state index is -0.372. The molecule has 0 radical (unpaired) electrons. The van der Waals surface area contributed by atoms with Gasteiger partial charge in [-0.05, 0) is 20.3 Å². The highest BCUT2D eigenvalue weighted by atomic mass is 16.5. The van der Waals surface area contributed by atoms with E-state index in [1.807, 2.05) is 6.92 Å². The smallest absolute Gasteiger partial charge is 0.249 e. The maximum atomic E-state index is 11.7. The van der Waals surface area contributed by atoms with Gasteiger partial charge in [0.15, 0.2) is 0 Å². The fourth-order valence-electron chi connectivity index (χ4n) is 1.52. The summed E-state index contributed by atoms with van der Waals surface area (Å²) in [6, 6.07) is 0.680. The van der Waals surface area contributed by atoms with Crippen molar-refractivity contribution in [3.63, 3.8) is 0 Å². The second-order valence-corrected chi connectivity index (χ2v) is 4.82. The summed E-state index contributed by atoms with van der Waals surface area (Å²) in [5.74, 6) is -0.0181. The van der Waals surface area contributed by atoms with Crippen molar-refractivity contribution in [3.05, 3.63) is 0 Å². The monoisotopic (exact) mass is 244 g/mol. The molecule has 0 spiro atoms. The van der Waals surface area contributed by atoms with Crippen molar-refractivity contribution in [3.8, 4) is 0 Å². The number of carbonyl (C=O) groups excluding carboxylic acids is 1. The van der Waals surface area contributed by atoms with Gasteiger partial charge in [-0.1, -0.05) is 27.2 Å². The number of hydrogen-bond donors (Lipinski definition) is 2. The van der Waals surface area contributed by atoms with Crippen LogP contribution in [0.2, 0.25) is 0 Å². The summed E-state index contributed by atoms with van der Waals surface area (Å²) in [6.07, 6.45) is 1.71. The molecular weight excluding hydrogens is 216 g/mol. The number of nitrogens with one attached hydrogen (secondary N) is 2. The van der Waals surface area contributed by atoms with E-state index in [4.69, 9.17) is 4.74 Å². The molecule has 2 atom stereocenters. The fraction of sp³-hybridized carbons (Fsp3) is 0.923. The Balaban J connectivity index is 3.67. The third-order valence-electron chi connectivity index (χ3n) is 2.50. The van der Waals surface area contributed by atoms with Crippen LogP contribution in [0, 0.1) is 0 Å². The normalized spacial score (nSPS) is 14.7. The van der Waals surface area contributed by atoms with Crippen molar-refractivity contribution >= 4 is 5.91 Å². The number of carbonyl (C=O) groups is 1. The van der Waals surface area contributed by atoms with E-state index < -0.39 is 0 Å². The van der Waals surface area contributed by atoms with Gasteiger partial charge >= 0.3 is 0 Å². The Kier molecular flexibility index (Phi) is 9.09. The van der Waals surface area contributed by atoms with E-state index in [9.17, 15) is 4.79 Å². The number of hydrogen-bond acceptors (Lipinski definition) is 3. The van der Waals surface area contributed by atoms with Crippen LogP contribution in [0.4, 0.5) is 0 Å². The Morgan fingerprint density at radius 1 is 1.24 bits per heavy atom. The van der Waals surface area contributed by atoms with Gasteiger partial charge in [-0.15, -0.1) is 0 Å². The summed E-state index contributed by atoms with van der Waals surface area (Å²) < 4.78 is 5.46. The first-order valence-corrected chi connectivity index (χ1v) is 6.62. The molecule has 4 heteroatoms. The van der Waals surface area contributed by atoms with Crippen LogP contribution in [0.15, 0.2) is 0 Å². The van der Waals surface area contributed by atoms with Crippen molar-refractivity contribution in [2.45, 2.75) is 65.6 Å². The first-order chi connectivity index (χ1) is 7.97. The molecule has 0 aliphatic heterocycles. The standard InChI is InChI=1S/C13H28N2O2/c1-6-7-11(4)15-13(16)12(5)17-9-8-14-10(2)3/h10-12,14H,6-9H2,1-5H3,(H,15,16). The van der Waals surface area contributed by atoms with E-state index in [2.05, 4.69) is 31.4 Å². The summed E-state index contributed by atoms with van der Waals surface area (Å²) in [5.41, 5.74) is 0. The van der Waals surface area contributed by atoms with Crippen LogP contribution >= 0.6 is 0 Å². The topological polar surface area (TPSA) is 50.4 Å². The molecule has 4 nitrogen and oxygen atoms in total. The van der Waals surface area contributed by atoms with Gasteiger partial charge in [0.2, 0.25) is 5.91 Å². The van der Waals surface area contributed by atoms with Crippen LogP contribution in [0.3, 0.4) is 0 Å². The molecule has 102 valence electrons. The van der Waals surface area contributed by atoms with E-state index in [0.717, 1.165) is 19.4 Å². The van der Waals surface area contributed by atoms with Crippen molar-refractivity contribution < 1.29 is 9.53 Å². The molecule has 0 fully saturated rings. The van der Waals surface area contributed by atoms with Crippen LogP contribution in [0.25, 0.3) is 0 Å². The third-order valence-corrected chi connectivity index (χ3v) is 2.50. The summed E-state index contributed by atoms with van der Waals surface area (Å²) in [5, 5.41) is 6.19. The van der Waals surface area contributed by atoms with E-state index in [0.29, 0.717) is 12.6 Å². The summed E-state index contributed by atoms with van der Waals surface area (Å²) in [4.78, 5) is 11.7. The van der Waals surface area contributed by atoms with Gasteiger partial charge in [0.05, 0.1) is 6.61 Å². The maximum absolute atomic E-state index is 11.7. The zero-order valence-electron chi connectivity index (χ0n) is 11.9. The Labute approximate surface area is 105 Å². The maximum Gasteiger partial charge on any atom is 0.249 e. The highest BCUT2D eigenvalue weighted by molar-refractivity contribution is 5.80. The lowest BCUT2D eigenvalue weighted by molar-refractivity contribution is -0.132. The van der Waals surface area contributed by atoms with Crippen molar-refractivity contribution in [2.75, 3.05) is 13.2 Å². The molecule has 0 aromatic rings. The molecule has 0 saturated carbocycles. The zero-order chi connectivity index (χ0) is 13.3. The molecule has 0 aromatic carbocycles. The predicted octanol–water partition coefficient (Wildman–Crippen LogP) is 1.69. The van der Waals surface area contributed by atoms with Gasteiger partial charge in [-0.3, -0.25) is 4.79 Å². The van der Waals surface area contributed by atoms with Crippen LogP contribution in [-0.4, -0.2) is 37.2 Å². The Bertz CT molecular complexity index is 208. The minimum absolute atomic E-state index is 0.0181. The average Bonchev–Trinajstić information content (AvgIpc) is 2.23. The van der Waals surface area contributed by atoms with Gasteiger partial charge in [0, 0.05) is 18.6 Å². The highest BCUT2D eigenvalue weighted by Gasteiger charge is 2.14. The zero-order valence-corrected chi connectivity index (χ0v) is 11.9. The van der Waals surface area contributed by atoms with E-state index in [-0.39, 0.29) is 18.1 Å². The Hall–Kier alpha value is -0.610. The molecular formula is C13H28N2O2. The summed E-state index contributed by atoms with van der Waals surface area (Å²) in [6.45, 7) is 11.4. The number of rotatable bonds is 9. The average molecular weight is 244 g/mol. The number of amides is 1. The van der Waals surface area contributed by atoms with Crippen LogP contribution in [0.5, 0.6) is 0 Å². The molecule has 0 bridgehead atoms. The van der Waals surface area contributed by atoms with Gasteiger partial charge < -0.3 is 15.4 Å². The third kappa shape index (κ3) is 9.12. The quantitative estimate of drug-likeness (QED) is 0.607. The van der Waals surface area contributed by atoms with E-state index in [1.54, 1.807) is 6.92 Å². The van der Waals surface area contributed by atoms with E-state index in [1.165, 1.54) is 0 Å². The molecule has 0 aliphatic carbocycles. The van der Waals surface area contributed by atoms with Gasteiger partial charge in [0.25, 0.3) is 0 Å². The number of ether oxygens (including phenoxy) is 1. The molecule has 0 rings (SSSR count). The molecule has 2 unspecified atom stereocenters. The van der Waals surface area contributed by atoms with Crippen LogP contribution < -0.4 is 10.6 Å². The molecule has 0 saturated heterocycles. The molecule has 0 aromatic heterocycles. The van der Waals surface area contributed by atoms with Crippen molar-refractivity contribution in [1.82, 2.24) is 10.6 Å². The van der Waals surface area contributed by atoms with Gasteiger partial charge in [-0.2, -0.15) is 0 Å². The molecule has 1 amide bonds.